The minimum Gasteiger partial charge on any atom is -0.365 e. The zero-order valence-corrected chi connectivity index (χ0v) is 23.0. The molecule has 34 heavy (non-hydrogen) atoms. The highest BCUT2D eigenvalue weighted by molar-refractivity contribution is 6.34. The minimum absolute atomic E-state index is 0.0583. The van der Waals surface area contributed by atoms with Crippen LogP contribution in [-0.4, -0.2) is 11.7 Å². The SMILES string of the molecule is C/C(=C(\C(N)=O)C(=O)c1ccc(CCC(C)(C)C)c(Cl)c1)c1ccc(CCC(C)(C)C)c(Cl)c1. The third-order valence-electron chi connectivity index (χ3n) is 5.94. The number of primary amides is 1. The number of hydrogen-bond donors (Lipinski definition) is 1. The van der Waals surface area contributed by atoms with Crippen molar-refractivity contribution in [3.05, 3.63) is 74.3 Å². The molecule has 0 saturated heterocycles. The predicted molar refractivity (Wildman–Crippen MR) is 145 cm³/mol. The van der Waals surface area contributed by atoms with E-state index in [0.29, 0.717) is 26.7 Å². The number of allylic oxidation sites excluding steroid dienone is 1. The van der Waals surface area contributed by atoms with Crippen molar-refractivity contribution in [2.75, 3.05) is 0 Å². The maximum absolute atomic E-state index is 13.3. The van der Waals surface area contributed by atoms with Crippen molar-refractivity contribution < 1.29 is 9.59 Å². The van der Waals surface area contributed by atoms with E-state index >= 15 is 0 Å². The summed E-state index contributed by atoms with van der Waals surface area (Å²) in [5.74, 6) is -1.22. The average Bonchev–Trinajstić information content (AvgIpc) is 2.70. The third-order valence-corrected chi connectivity index (χ3v) is 6.64. The number of aryl methyl sites for hydroxylation is 2. The van der Waals surface area contributed by atoms with Crippen molar-refractivity contribution in [1.82, 2.24) is 0 Å². The van der Waals surface area contributed by atoms with E-state index in [0.717, 1.165) is 36.8 Å². The second-order valence-corrected chi connectivity index (χ2v) is 12.2. The number of carbonyl (C=O) groups is 2. The zero-order chi connectivity index (χ0) is 25.8. The highest BCUT2D eigenvalue weighted by Crippen LogP contribution is 2.30. The topological polar surface area (TPSA) is 60.2 Å². The van der Waals surface area contributed by atoms with Crippen molar-refractivity contribution in [3.8, 4) is 0 Å². The second-order valence-electron chi connectivity index (χ2n) is 11.4. The Hall–Kier alpha value is -2.10. The third kappa shape index (κ3) is 7.99. The summed E-state index contributed by atoms with van der Waals surface area (Å²) in [6.07, 6.45) is 3.64. The number of carbonyl (C=O) groups excluding carboxylic acids is 2. The van der Waals surface area contributed by atoms with Gasteiger partial charge >= 0.3 is 0 Å². The monoisotopic (exact) mass is 501 g/mol. The van der Waals surface area contributed by atoms with E-state index in [1.807, 2.05) is 18.2 Å². The van der Waals surface area contributed by atoms with Crippen molar-refractivity contribution in [3.63, 3.8) is 0 Å². The lowest BCUT2D eigenvalue weighted by molar-refractivity contribution is -0.114. The average molecular weight is 503 g/mol. The molecule has 0 aliphatic rings. The fourth-order valence-corrected chi connectivity index (χ4v) is 4.20. The normalized spacial score (nSPS) is 13.0. The lowest BCUT2D eigenvalue weighted by Crippen LogP contribution is -2.22. The van der Waals surface area contributed by atoms with Gasteiger partial charge < -0.3 is 5.73 Å². The largest absolute Gasteiger partial charge is 0.365 e. The number of amides is 1. The van der Waals surface area contributed by atoms with E-state index in [1.165, 1.54) is 0 Å². The van der Waals surface area contributed by atoms with Crippen LogP contribution < -0.4 is 5.73 Å². The van der Waals surface area contributed by atoms with Crippen LogP contribution in [0.4, 0.5) is 0 Å². The maximum atomic E-state index is 13.3. The molecule has 0 heterocycles. The maximum Gasteiger partial charge on any atom is 0.252 e. The number of benzene rings is 2. The van der Waals surface area contributed by atoms with Crippen molar-refractivity contribution in [1.29, 1.82) is 0 Å². The van der Waals surface area contributed by atoms with Gasteiger partial charge in [0, 0.05) is 15.6 Å². The number of halogens is 2. The molecule has 0 aromatic heterocycles. The van der Waals surface area contributed by atoms with Gasteiger partial charge in [0.1, 0.15) is 0 Å². The van der Waals surface area contributed by atoms with E-state index in [1.54, 1.807) is 25.1 Å². The summed E-state index contributed by atoms with van der Waals surface area (Å²) in [6, 6.07) is 10.8. The molecule has 2 aromatic rings. The van der Waals surface area contributed by atoms with E-state index in [4.69, 9.17) is 28.9 Å². The molecule has 0 radical (unpaired) electrons. The van der Waals surface area contributed by atoms with E-state index in [9.17, 15) is 9.59 Å². The Morgan fingerprint density at radius 2 is 1.18 bits per heavy atom. The summed E-state index contributed by atoms with van der Waals surface area (Å²) in [5, 5.41) is 1.13. The summed E-state index contributed by atoms with van der Waals surface area (Å²) < 4.78 is 0. The molecule has 184 valence electrons. The molecule has 1 amide bonds. The molecule has 0 spiro atoms. The molecule has 0 unspecified atom stereocenters. The van der Waals surface area contributed by atoms with E-state index in [2.05, 4.69) is 41.5 Å². The Morgan fingerprint density at radius 3 is 1.56 bits per heavy atom. The number of ketones is 1. The van der Waals surface area contributed by atoms with Gasteiger partial charge in [-0.05, 0) is 77.8 Å². The van der Waals surface area contributed by atoms with Crippen LogP contribution in [0.25, 0.3) is 5.57 Å². The van der Waals surface area contributed by atoms with Gasteiger partial charge in [-0.15, -0.1) is 0 Å². The summed E-state index contributed by atoms with van der Waals surface area (Å²) in [7, 11) is 0. The Bertz CT molecular complexity index is 1100. The van der Waals surface area contributed by atoms with Crippen molar-refractivity contribution >= 4 is 40.5 Å². The van der Waals surface area contributed by atoms with Gasteiger partial charge in [-0.25, -0.2) is 0 Å². The molecule has 2 rings (SSSR count). The molecule has 3 nitrogen and oxygen atoms in total. The number of Topliss-reactive ketones (excluding diaryl/α,β-unsaturated/α-hetero) is 1. The van der Waals surface area contributed by atoms with Gasteiger partial charge in [-0.1, -0.05) is 89.0 Å². The summed E-state index contributed by atoms with van der Waals surface area (Å²) in [5.41, 5.74) is 9.53. The zero-order valence-electron chi connectivity index (χ0n) is 21.4. The molecular formula is C29H37Cl2NO2. The highest BCUT2D eigenvalue weighted by atomic mass is 35.5. The quantitative estimate of drug-likeness (QED) is 0.172. The highest BCUT2D eigenvalue weighted by Gasteiger charge is 2.23. The van der Waals surface area contributed by atoms with Crippen LogP contribution in [0.15, 0.2) is 42.0 Å². The summed E-state index contributed by atoms with van der Waals surface area (Å²) in [4.78, 5) is 25.6. The number of nitrogens with two attached hydrogens (primary N) is 1. The summed E-state index contributed by atoms with van der Waals surface area (Å²) in [6.45, 7) is 14.8. The van der Waals surface area contributed by atoms with Gasteiger partial charge in [0.25, 0.3) is 5.91 Å². The van der Waals surface area contributed by atoms with Gasteiger partial charge in [0.2, 0.25) is 0 Å². The van der Waals surface area contributed by atoms with Crippen LogP contribution >= 0.6 is 23.2 Å². The van der Waals surface area contributed by atoms with Crippen LogP contribution in [0.2, 0.25) is 10.0 Å². The summed E-state index contributed by atoms with van der Waals surface area (Å²) >= 11 is 13.0. The fraction of sp³-hybridized carbons (Fsp3) is 0.448. The Morgan fingerprint density at radius 1 is 0.765 bits per heavy atom. The molecule has 5 heteroatoms. The molecule has 2 N–H and O–H groups in total. The number of hydrogen-bond acceptors (Lipinski definition) is 2. The Kier molecular flexibility index (Phi) is 9.18. The van der Waals surface area contributed by atoms with Crippen LogP contribution in [0.5, 0.6) is 0 Å². The molecule has 0 atom stereocenters. The molecule has 0 aliphatic heterocycles. The molecule has 0 saturated carbocycles. The molecule has 0 bridgehead atoms. The van der Waals surface area contributed by atoms with E-state index in [-0.39, 0.29) is 16.4 Å². The minimum atomic E-state index is -0.775. The number of rotatable bonds is 8. The van der Waals surface area contributed by atoms with Gasteiger partial charge in [-0.3, -0.25) is 9.59 Å². The Balaban J connectivity index is 2.36. The molecule has 0 aliphatic carbocycles. The Labute approximate surface area is 214 Å². The van der Waals surface area contributed by atoms with Gasteiger partial charge in [0.05, 0.1) is 5.57 Å². The first kappa shape index (κ1) is 28.1. The van der Waals surface area contributed by atoms with Crippen LogP contribution in [0, 0.1) is 10.8 Å². The van der Waals surface area contributed by atoms with E-state index < -0.39 is 11.7 Å². The lowest BCUT2D eigenvalue weighted by Gasteiger charge is -2.19. The van der Waals surface area contributed by atoms with Gasteiger partial charge in [0.15, 0.2) is 5.78 Å². The second kappa shape index (κ2) is 11.1. The first-order valence-electron chi connectivity index (χ1n) is 11.7. The van der Waals surface area contributed by atoms with Crippen LogP contribution in [0.3, 0.4) is 0 Å². The van der Waals surface area contributed by atoms with Crippen LogP contribution in [-0.2, 0) is 17.6 Å². The standard InChI is InChI=1S/C29H37Cl2NO2/c1-18(21-10-8-19(23(30)16-21)12-14-28(2,3)4)25(27(32)34)26(33)22-11-9-20(24(31)17-22)13-15-29(5,6)7/h8-11,16-17H,12-15H2,1-7H3,(H2,32,34)/b25-18+. The fourth-order valence-electron chi connectivity index (χ4n) is 3.65. The molecule has 2 aromatic carbocycles. The molecular weight excluding hydrogens is 465 g/mol. The first-order valence-corrected chi connectivity index (χ1v) is 12.5. The molecule has 0 fully saturated rings. The van der Waals surface area contributed by atoms with Crippen LogP contribution in [0.1, 0.15) is 88.4 Å². The predicted octanol–water partition coefficient (Wildman–Crippen LogP) is 8.09. The van der Waals surface area contributed by atoms with Gasteiger partial charge in [-0.2, -0.15) is 0 Å². The smallest absolute Gasteiger partial charge is 0.252 e. The van der Waals surface area contributed by atoms with Crippen molar-refractivity contribution in [2.24, 2.45) is 16.6 Å². The lowest BCUT2D eigenvalue weighted by atomic mass is 9.87. The van der Waals surface area contributed by atoms with Crippen molar-refractivity contribution in [2.45, 2.75) is 74.1 Å². The first-order chi connectivity index (χ1) is 15.6.